The Balaban J connectivity index is 3.48. The van der Waals surface area contributed by atoms with Crippen LogP contribution in [0.3, 0.4) is 0 Å². The van der Waals surface area contributed by atoms with Crippen LogP contribution in [0.15, 0.2) is 0 Å². The van der Waals surface area contributed by atoms with Crippen molar-refractivity contribution in [1.82, 2.24) is 0 Å². The molecular weight excluding hydrogens is 220 g/mol. The summed E-state index contributed by atoms with van der Waals surface area (Å²) in [5.41, 5.74) is 0. The first kappa shape index (κ1) is 16.3. The number of ketones is 2. The highest BCUT2D eigenvalue weighted by Gasteiger charge is 2.21. The molecule has 0 rings (SSSR count). The summed E-state index contributed by atoms with van der Waals surface area (Å²) in [4.78, 5) is 22.4. The monoisotopic (exact) mass is 244 g/mol. The minimum absolute atomic E-state index is 0.184. The average Bonchev–Trinajstić information content (AvgIpc) is 2.35. The average molecular weight is 244 g/mol. The first-order chi connectivity index (χ1) is 8.13. The molecule has 0 bridgehead atoms. The molecule has 0 aliphatic carbocycles. The van der Waals surface area contributed by atoms with Crippen LogP contribution < -0.4 is 0 Å². The third-order valence-corrected chi connectivity index (χ3v) is 2.76. The molecule has 0 spiro atoms. The maximum absolute atomic E-state index is 11.3. The van der Waals surface area contributed by atoms with E-state index in [-0.39, 0.29) is 6.42 Å². The van der Waals surface area contributed by atoms with Crippen LogP contribution in [0.5, 0.6) is 0 Å². The largest absolute Gasteiger partial charge is 0.393 e. The van der Waals surface area contributed by atoms with Crippen molar-refractivity contribution in [3.05, 3.63) is 0 Å². The minimum Gasteiger partial charge on any atom is -0.393 e. The third kappa shape index (κ3) is 8.05. The van der Waals surface area contributed by atoms with Gasteiger partial charge in [0, 0.05) is 6.42 Å². The molecule has 0 saturated heterocycles. The van der Waals surface area contributed by atoms with E-state index in [9.17, 15) is 9.59 Å². The molecule has 1 unspecified atom stereocenters. The molecule has 0 aromatic rings. The molecule has 0 aliphatic heterocycles. The summed E-state index contributed by atoms with van der Waals surface area (Å²) in [7, 11) is 0. The molecule has 0 amide bonds. The summed E-state index contributed by atoms with van der Waals surface area (Å²) in [5.74, 6) is -1.43. The summed E-state index contributed by atoms with van der Waals surface area (Å²) in [5, 5.41) is 17.5. The Bertz CT molecular complexity index is 225. The van der Waals surface area contributed by atoms with Crippen LogP contribution in [0.25, 0.3) is 0 Å². The van der Waals surface area contributed by atoms with Crippen molar-refractivity contribution in [2.75, 3.05) is 6.61 Å². The van der Waals surface area contributed by atoms with Gasteiger partial charge in [0.05, 0.1) is 6.61 Å². The summed E-state index contributed by atoms with van der Waals surface area (Å²) in [6.07, 6.45) is 6.24. The molecule has 100 valence electrons. The quantitative estimate of drug-likeness (QED) is 0.428. The van der Waals surface area contributed by atoms with Gasteiger partial charge in [0.1, 0.15) is 6.10 Å². The van der Waals surface area contributed by atoms with Gasteiger partial charge >= 0.3 is 0 Å². The van der Waals surface area contributed by atoms with Gasteiger partial charge in [-0.05, 0) is 6.42 Å². The van der Waals surface area contributed by atoms with E-state index in [2.05, 4.69) is 6.92 Å². The second-order valence-corrected chi connectivity index (χ2v) is 4.36. The van der Waals surface area contributed by atoms with Gasteiger partial charge in [-0.1, -0.05) is 45.4 Å². The lowest BCUT2D eigenvalue weighted by atomic mass is 10.0. The number of carbonyl (C=O) groups excluding carboxylic acids is 2. The van der Waals surface area contributed by atoms with E-state index in [1.807, 2.05) is 0 Å². The molecule has 0 aromatic heterocycles. The molecule has 0 aromatic carbocycles. The van der Waals surface area contributed by atoms with Crippen LogP contribution in [0.1, 0.15) is 58.3 Å². The van der Waals surface area contributed by atoms with E-state index in [1.165, 1.54) is 25.7 Å². The third-order valence-electron chi connectivity index (χ3n) is 2.76. The Morgan fingerprint density at radius 1 is 1.00 bits per heavy atom. The van der Waals surface area contributed by atoms with Crippen molar-refractivity contribution in [3.63, 3.8) is 0 Å². The van der Waals surface area contributed by atoms with E-state index in [1.54, 1.807) is 0 Å². The number of Topliss-reactive ketones (excluding diaryl/α,β-unsaturated/α-hetero) is 2. The number of hydrogen-bond donors (Lipinski definition) is 2. The normalized spacial score (nSPS) is 12.4. The van der Waals surface area contributed by atoms with Gasteiger partial charge < -0.3 is 10.2 Å². The molecule has 1 atom stereocenters. The Morgan fingerprint density at radius 2 is 1.53 bits per heavy atom. The predicted molar refractivity (Wildman–Crippen MR) is 65.7 cm³/mol. The van der Waals surface area contributed by atoms with Crippen LogP contribution in [0, 0.1) is 0 Å². The topological polar surface area (TPSA) is 74.6 Å². The van der Waals surface area contributed by atoms with Gasteiger partial charge in [0.25, 0.3) is 0 Å². The molecule has 0 saturated carbocycles. The minimum atomic E-state index is -1.54. The van der Waals surface area contributed by atoms with Gasteiger partial charge in [-0.2, -0.15) is 0 Å². The smallest absolute Gasteiger partial charge is 0.229 e. The van der Waals surface area contributed by atoms with E-state index >= 15 is 0 Å². The fourth-order valence-electron chi connectivity index (χ4n) is 1.63. The highest BCUT2D eigenvalue weighted by Crippen LogP contribution is 2.09. The maximum atomic E-state index is 11.3. The van der Waals surface area contributed by atoms with E-state index in [0.717, 1.165) is 12.8 Å². The number of rotatable bonds is 11. The molecular formula is C13H24O4. The van der Waals surface area contributed by atoms with E-state index in [0.29, 0.717) is 6.42 Å². The lowest BCUT2D eigenvalue weighted by molar-refractivity contribution is -0.142. The Morgan fingerprint density at radius 3 is 2.06 bits per heavy atom. The lowest BCUT2D eigenvalue weighted by Gasteiger charge is -2.04. The highest BCUT2D eigenvalue weighted by atomic mass is 16.3. The second kappa shape index (κ2) is 10.4. The summed E-state index contributed by atoms with van der Waals surface area (Å²) in [6, 6.07) is 0. The van der Waals surface area contributed by atoms with Crippen molar-refractivity contribution in [2.24, 2.45) is 0 Å². The molecule has 17 heavy (non-hydrogen) atoms. The van der Waals surface area contributed by atoms with Crippen LogP contribution in [0.4, 0.5) is 0 Å². The SMILES string of the molecule is CCCCCCCCCC(=O)C(=O)C(O)CO. The summed E-state index contributed by atoms with van der Waals surface area (Å²) in [6.45, 7) is 1.48. The Labute approximate surface area is 103 Å². The second-order valence-electron chi connectivity index (χ2n) is 4.36. The first-order valence-corrected chi connectivity index (χ1v) is 6.49. The highest BCUT2D eigenvalue weighted by molar-refractivity contribution is 6.38. The van der Waals surface area contributed by atoms with Crippen LogP contribution >= 0.6 is 0 Å². The maximum Gasteiger partial charge on any atom is 0.229 e. The van der Waals surface area contributed by atoms with Crippen molar-refractivity contribution in [3.8, 4) is 0 Å². The van der Waals surface area contributed by atoms with Crippen molar-refractivity contribution >= 4 is 11.6 Å². The van der Waals surface area contributed by atoms with Gasteiger partial charge in [0.2, 0.25) is 11.6 Å². The number of hydrogen-bond acceptors (Lipinski definition) is 4. The van der Waals surface area contributed by atoms with Gasteiger partial charge in [0.15, 0.2) is 0 Å². The van der Waals surface area contributed by atoms with Crippen LogP contribution in [-0.2, 0) is 9.59 Å². The number of carbonyl (C=O) groups is 2. The fraction of sp³-hybridized carbons (Fsp3) is 0.846. The molecule has 4 nitrogen and oxygen atoms in total. The van der Waals surface area contributed by atoms with Crippen molar-refractivity contribution in [2.45, 2.75) is 64.4 Å². The molecule has 4 heteroatoms. The molecule has 0 fully saturated rings. The predicted octanol–water partition coefficient (Wildman–Crippen LogP) is 1.62. The summed E-state index contributed by atoms with van der Waals surface area (Å²) >= 11 is 0. The Kier molecular flexibility index (Phi) is 9.96. The summed E-state index contributed by atoms with van der Waals surface area (Å²) < 4.78 is 0. The fourth-order valence-corrected chi connectivity index (χ4v) is 1.63. The van der Waals surface area contributed by atoms with E-state index < -0.39 is 24.3 Å². The lowest BCUT2D eigenvalue weighted by Crippen LogP contribution is -2.31. The van der Waals surface area contributed by atoms with Gasteiger partial charge in [-0.25, -0.2) is 0 Å². The molecule has 0 heterocycles. The first-order valence-electron chi connectivity index (χ1n) is 6.49. The van der Waals surface area contributed by atoms with E-state index in [4.69, 9.17) is 10.2 Å². The number of unbranched alkanes of at least 4 members (excludes halogenated alkanes) is 6. The van der Waals surface area contributed by atoms with Gasteiger partial charge in [-0.15, -0.1) is 0 Å². The molecule has 0 radical (unpaired) electrons. The van der Waals surface area contributed by atoms with Crippen molar-refractivity contribution < 1.29 is 19.8 Å². The zero-order valence-electron chi connectivity index (χ0n) is 10.7. The van der Waals surface area contributed by atoms with Crippen molar-refractivity contribution in [1.29, 1.82) is 0 Å². The number of aliphatic hydroxyl groups is 2. The van der Waals surface area contributed by atoms with Gasteiger partial charge in [-0.3, -0.25) is 9.59 Å². The Hall–Kier alpha value is -0.740. The van der Waals surface area contributed by atoms with Crippen LogP contribution in [-0.4, -0.2) is 34.5 Å². The number of aliphatic hydroxyl groups excluding tert-OH is 2. The zero-order valence-corrected chi connectivity index (χ0v) is 10.7. The zero-order chi connectivity index (χ0) is 13.1. The molecule has 0 aliphatic rings. The molecule has 2 N–H and O–H groups in total. The van der Waals surface area contributed by atoms with Crippen LogP contribution in [0.2, 0.25) is 0 Å². The standard InChI is InChI=1S/C13H24O4/c1-2-3-4-5-6-7-8-9-11(15)13(17)12(16)10-14/h12,14,16H,2-10H2,1H3.